The number of halogens is 1. The fraction of sp³-hybridized carbons (Fsp3) is 0.450. The van der Waals surface area contributed by atoms with Crippen LogP contribution in [0.2, 0.25) is 0 Å². The fourth-order valence-corrected chi connectivity index (χ4v) is 3.72. The molecule has 6 nitrogen and oxygen atoms in total. The van der Waals surface area contributed by atoms with Gasteiger partial charge in [-0.2, -0.15) is 0 Å². The molecule has 1 aromatic rings. The van der Waals surface area contributed by atoms with Crippen molar-refractivity contribution in [2.45, 2.75) is 25.7 Å². The summed E-state index contributed by atoms with van der Waals surface area (Å²) in [6, 6.07) is 4.43. The number of hydrogen-bond acceptors (Lipinski definition) is 5. The highest BCUT2D eigenvalue weighted by Gasteiger charge is 2.45. The molecule has 0 unspecified atom stereocenters. The van der Waals surface area contributed by atoms with Crippen molar-refractivity contribution in [2.75, 3.05) is 32.8 Å². The first-order chi connectivity index (χ1) is 13.0. The first kappa shape index (κ1) is 17.9. The summed E-state index contributed by atoms with van der Waals surface area (Å²) in [5.41, 5.74) is 0.953. The van der Waals surface area contributed by atoms with Crippen LogP contribution in [-0.2, 0) is 14.3 Å². The second kappa shape index (κ2) is 7.23. The molecular weight excluding hydrogens is 349 g/mol. The second-order valence-electron chi connectivity index (χ2n) is 7.17. The van der Waals surface area contributed by atoms with Gasteiger partial charge in [0, 0.05) is 6.54 Å². The fourth-order valence-electron chi connectivity index (χ4n) is 3.72. The number of nitrogens with zero attached hydrogens (tertiary/aromatic N) is 2. The summed E-state index contributed by atoms with van der Waals surface area (Å²) in [6.45, 7) is 5.46. The van der Waals surface area contributed by atoms with Crippen LogP contribution in [0.4, 0.5) is 4.39 Å². The van der Waals surface area contributed by atoms with Gasteiger partial charge in [-0.1, -0.05) is 12.1 Å². The molecule has 142 valence electrons. The Labute approximate surface area is 157 Å². The van der Waals surface area contributed by atoms with E-state index in [1.807, 2.05) is 0 Å². The highest BCUT2D eigenvalue weighted by Crippen LogP contribution is 2.34. The highest BCUT2D eigenvalue weighted by molar-refractivity contribution is 6.28. The van der Waals surface area contributed by atoms with Gasteiger partial charge in [-0.3, -0.25) is 14.6 Å². The molecule has 1 N–H and O–H groups in total. The Balaban J connectivity index is 1.47. The topological polar surface area (TPSA) is 71.0 Å². The van der Waals surface area contributed by atoms with E-state index in [-0.39, 0.29) is 18.1 Å². The third kappa shape index (κ3) is 3.39. The van der Waals surface area contributed by atoms with Crippen molar-refractivity contribution in [1.29, 1.82) is 0 Å². The number of rotatable bonds is 4. The van der Waals surface area contributed by atoms with Crippen LogP contribution < -0.4 is 5.32 Å². The normalized spacial score (nSPS) is 24.4. The first-order valence-electron chi connectivity index (χ1n) is 9.29. The number of Topliss-reactive ketones (excluding diaryl/α,β-unsaturated/α-hetero) is 2. The van der Waals surface area contributed by atoms with Crippen LogP contribution in [-0.4, -0.2) is 55.1 Å². The molecule has 3 aliphatic rings. The number of benzene rings is 1. The number of hydrogen-bond donors (Lipinski definition) is 1. The van der Waals surface area contributed by atoms with E-state index >= 15 is 0 Å². The summed E-state index contributed by atoms with van der Waals surface area (Å²) in [5.74, 6) is -1.74. The maximum Gasteiger partial charge on any atom is 0.214 e. The van der Waals surface area contributed by atoms with Gasteiger partial charge in [0.2, 0.25) is 5.78 Å². The Morgan fingerprint density at radius 1 is 1.26 bits per heavy atom. The lowest BCUT2D eigenvalue weighted by atomic mass is 9.93. The summed E-state index contributed by atoms with van der Waals surface area (Å²) in [7, 11) is 0. The summed E-state index contributed by atoms with van der Waals surface area (Å²) in [4.78, 5) is 32.2. The van der Waals surface area contributed by atoms with Gasteiger partial charge in [0.15, 0.2) is 11.5 Å². The summed E-state index contributed by atoms with van der Waals surface area (Å²) >= 11 is 0. The molecule has 2 aliphatic heterocycles. The average molecular weight is 371 g/mol. The minimum absolute atomic E-state index is 0.0319. The van der Waals surface area contributed by atoms with Gasteiger partial charge in [0.1, 0.15) is 29.9 Å². The van der Waals surface area contributed by atoms with Crippen LogP contribution in [0.25, 0.3) is 0 Å². The molecular formula is C20H22FN3O3. The third-order valence-corrected chi connectivity index (χ3v) is 5.29. The van der Waals surface area contributed by atoms with Crippen LogP contribution in [0.3, 0.4) is 0 Å². The van der Waals surface area contributed by atoms with E-state index in [0.717, 1.165) is 19.6 Å². The number of carbonyl (C=O) groups excluding carboxylic acids is 2. The van der Waals surface area contributed by atoms with Gasteiger partial charge in [-0.25, -0.2) is 4.39 Å². The van der Waals surface area contributed by atoms with E-state index in [0.29, 0.717) is 23.5 Å². The van der Waals surface area contributed by atoms with Crippen molar-refractivity contribution in [2.24, 2.45) is 4.99 Å². The van der Waals surface area contributed by atoms with Gasteiger partial charge < -0.3 is 15.0 Å². The zero-order chi connectivity index (χ0) is 19.0. The van der Waals surface area contributed by atoms with Crippen LogP contribution in [0.15, 0.2) is 34.6 Å². The van der Waals surface area contributed by atoms with Crippen molar-refractivity contribution in [1.82, 2.24) is 10.2 Å². The standard InChI is InChI=1S/C20H22FN3O3/c1-12-4-5-13(10-14(12)21)16-18(25)17-20(19(16)26)27-11-15(23-17)22-6-9-24-7-2-3-8-24/h4-5,10,16H,2-3,6-9,11H2,1H3,(H,22,23)/t16-/m0/s1. The number of carbonyl (C=O) groups is 2. The van der Waals surface area contributed by atoms with Crippen molar-refractivity contribution < 1.29 is 18.7 Å². The summed E-state index contributed by atoms with van der Waals surface area (Å²) in [5, 5.41) is 2.97. The Morgan fingerprint density at radius 3 is 2.78 bits per heavy atom. The van der Waals surface area contributed by atoms with Crippen LogP contribution in [0, 0.1) is 12.7 Å². The third-order valence-electron chi connectivity index (χ3n) is 5.29. The molecule has 0 saturated carbocycles. The molecule has 1 fully saturated rings. The molecule has 1 atom stereocenters. The Kier molecular flexibility index (Phi) is 4.78. The van der Waals surface area contributed by atoms with Crippen molar-refractivity contribution in [3.05, 3.63) is 46.6 Å². The number of aliphatic imine (C=N–C) groups is 1. The molecule has 2 heterocycles. The van der Waals surface area contributed by atoms with Crippen molar-refractivity contribution in [3.8, 4) is 0 Å². The first-order valence-corrected chi connectivity index (χ1v) is 9.29. The Morgan fingerprint density at radius 2 is 2.04 bits per heavy atom. The lowest BCUT2D eigenvalue weighted by Gasteiger charge is -2.18. The van der Waals surface area contributed by atoms with Crippen LogP contribution >= 0.6 is 0 Å². The zero-order valence-corrected chi connectivity index (χ0v) is 15.3. The van der Waals surface area contributed by atoms with Crippen LogP contribution in [0.5, 0.6) is 0 Å². The number of amidine groups is 1. The predicted molar refractivity (Wildman–Crippen MR) is 98.0 cm³/mol. The molecule has 0 radical (unpaired) electrons. The molecule has 0 amide bonds. The van der Waals surface area contributed by atoms with Crippen molar-refractivity contribution >= 4 is 17.4 Å². The van der Waals surface area contributed by atoms with E-state index < -0.39 is 23.3 Å². The summed E-state index contributed by atoms with van der Waals surface area (Å²) in [6.07, 6.45) is 2.46. The van der Waals surface area contributed by atoms with Gasteiger partial charge in [-0.15, -0.1) is 0 Å². The van der Waals surface area contributed by atoms with E-state index in [1.165, 1.54) is 18.9 Å². The molecule has 0 spiro atoms. The van der Waals surface area contributed by atoms with E-state index in [2.05, 4.69) is 15.2 Å². The maximum atomic E-state index is 13.9. The molecule has 0 bridgehead atoms. The smallest absolute Gasteiger partial charge is 0.214 e. The lowest BCUT2D eigenvalue weighted by Crippen LogP contribution is -2.35. The number of aryl methyl sites for hydroxylation is 1. The minimum Gasteiger partial charge on any atom is -0.480 e. The number of ether oxygens (including phenoxy) is 1. The molecule has 0 aromatic heterocycles. The molecule has 1 aromatic carbocycles. The quantitative estimate of drug-likeness (QED) is 0.816. The second-order valence-corrected chi connectivity index (χ2v) is 7.17. The van der Waals surface area contributed by atoms with Gasteiger partial charge >= 0.3 is 0 Å². The Bertz CT molecular complexity index is 856. The zero-order valence-electron chi connectivity index (χ0n) is 15.3. The van der Waals surface area contributed by atoms with E-state index in [1.54, 1.807) is 19.1 Å². The van der Waals surface area contributed by atoms with Gasteiger partial charge in [-0.05, 0) is 50.0 Å². The average Bonchev–Trinajstić information content (AvgIpc) is 3.25. The maximum absolute atomic E-state index is 13.9. The molecule has 1 saturated heterocycles. The number of nitrogens with one attached hydrogen (secondary N) is 1. The lowest BCUT2D eigenvalue weighted by molar-refractivity contribution is -0.124. The van der Waals surface area contributed by atoms with E-state index in [4.69, 9.17) is 4.74 Å². The van der Waals surface area contributed by atoms with E-state index in [9.17, 15) is 14.0 Å². The summed E-state index contributed by atoms with van der Waals surface area (Å²) < 4.78 is 19.4. The monoisotopic (exact) mass is 371 g/mol. The predicted octanol–water partition coefficient (Wildman–Crippen LogP) is 1.70. The number of likely N-dealkylation sites (tertiary alicyclic amines) is 1. The molecule has 7 heteroatoms. The van der Waals surface area contributed by atoms with Gasteiger partial charge in [0.05, 0.1) is 6.54 Å². The Hall–Kier alpha value is -2.54. The number of allylic oxidation sites excluding steroid dienone is 2. The highest BCUT2D eigenvalue weighted by atomic mass is 19.1. The molecule has 4 rings (SSSR count). The van der Waals surface area contributed by atoms with Crippen molar-refractivity contribution in [3.63, 3.8) is 0 Å². The van der Waals surface area contributed by atoms with Crippen LogP contribution in [0.1, 0.15) is 29.9 Å². The molecule has 27 heavy (non-hydrogen) atoms. The van der Waals surface area contributed by atoms with Gasteiger partial charge in [0.25, 0.3) is 0 Å². The minimum atomic E-state index is -1.05. The molecule has 1 aliphatic carbocycles. The SMILES string of the molecule is Cc1ccc([C@H]2C(=O)C3=C(OCC(=NCCN4CCCC4)N3)C2=O)cc1F. The number of ketones is 2. The largest absolute Gasteiger partial charge is 0.480 e.